The highest BCUT2D eigenvalue weighted by molar-refractivity contribution is 5.66. The van der Waals surface area contributed by atoms with Gasteiger partial charge in [0.05, 0.1) is 6.07 Å². The number of rotatable bonds is 18. The lowest BCUT2D eigenvalue weighted by molar-refractivity contribution is -0.137. The maximum absolute atomic E-state index is 10.4. The number of nitriles is 1. The summed E-state index contributed by atoms with van der Waals surface area (Å²) in [5.74, 6) is -0.663. The molecule has 23 heavy (non-hydrogen) atoms. The summed E-state index contributed by atoms with van der Waals surface area (Å²) in [5.41, 5.74) is 0. The van der Waals surface area contributed by atoms with Crippen LogP contribution in [-0.2, 0) is 4.79 Å². The Balaban J connectivity index is 2.97. The molecule has 0 saturated heterocycles. The zero-order valence-electron chi connectivity index (χ0n) is 15.0. The van der Waals surface area contributed by atoms with Crippen molar-refractivity contribution in [3.8, 4) is 6.07 Å². The van der Waals surface area contributed by atoms with Crippen LogP contribution in [0.25, 0.3) is 0 Å². The van der Waals surface area contributed by atoms with Gasteiger partial charge < -0.3 is 5.11 Å². The molecule has 0 amide bonds. The van der Waals surface area contributed by atoms with Gasteiger partial charge in [0.15, 0.2) is 0 Å². The van der Waals surface area contributed by atoms with Crippen molar-refractivity contribution in [2.45, 2.75) is 116 Å². The zero-order valence-corrected chi connectivity index (χ0v) is 15.0. The van der Waals surface area contributed by atoms with Crippen LogP contribution in [0.4, 0.5) is 0 Å². The van der Waals surface area contributed by atoms with Crippen molar-refractivity contribution in [3.63, 3.8) is 0 Å². The molecular formula is C20H37NO2. The Morgan fingerprint density at radius 3 is 1.22 bits per heavy atom. The Bertz CT molecular complexity index is 297. The fraction of sp³-hybridized carbons (Fsp3) is 0.900. The number of nitrogens with zero attached hydrogens (tertiary/aromatic N) is 1. The molecule has 0 atom stereocenters. The SMILES string of the molecule is N#CCCCCCCCCCCCCCCCCCCC(=O)O. The molecule has 134 valence electrons. The molecule has 0 saturated carbocycles. The van der Waals surface area contributed by atoms with E-state index < -0.39 is 5.97 Å². The van der Waals surface area contributed by atoms with Crippen LogP contribution < -0.4 is 0 Å². The second kappa shape index (κ2) is 19.0. The van der Waals surface area contributed by atoms with Crippen molar-refractivity contribution in [2.75, 3.05) is 0 Å². The lowest BCUT2D eigenvalue weighted by Gasteiger charge is -2.03. The molecule has 3 nitrogen and oxygen atoms in total. The van der Waals surface area contributed by atoms with Gasteiger partial charge in [-0.2, -0.15) is 5.26 Å². The molecule has 0 aromatic rings. The van der Waals surface area contributed by atoms with Crippen LogP contribution in [0, 0.1) is 11.3 Å². The minimum atomic E-state index is -0.663. The van der Waals surface area contributed by atoms with E-state index >= 15 is 0 Å². The molecule has 0 unspecified atom stereocenters. The van der Waals surface area contributed by atoms with E-state index in [4.69, 9.17) is 10.4 Å². The van der Waals surface area contributed by atoms with Gasteiger partial charge in [-0.15, -0.1) is 0 Å². The first-order valence-electron chi connectivity index (χ1n) is 9.86. The summed E-state index contributed by atoms with van der Waals surface area (Å²) in [4.78, 5) is 10.4. The van der Waals surface area contributed by atoms with Crippen LogP contribution in [0.1, 0.15) is 116 Å². The summed E-state index contributed by atoms with van der Waals surface area (Å²) < 4.78 is 0. The van der Waals surface area contributed by atoms with Gasteiger partial charge in [-0.05, 0) is 12.8 Å². The molecule has 0 aromatic carbocycles. The van der Waals surface area contributed by atoms with E-state index in [-0.39, 0.29) is 0 Å². The van der Waals surface area contributed by atoms with Crippen LogP contribution in [0.2, 0.25) is 0 Å². The number of carboxylic acid groups (broad SMARTS) is 1. The third-order valence-electron chi connectivity index (χ3n) is 4.43. The molecule has 0 aliphatic carbocycles. The topological polar surface area (TPSA) is 61.1 Å². The second-order valence-electron chi connectivity index (χ2n) is 6.71. The molecular weight excluding hydrogens is 286 g/mol. The van der Waals surface area contributed by atoms with Gasteiger partial charge in [-0.1, -0.05) is 89.9 Å². The summed E-state index contributed by atoms with van der Waals surface area (Å²) in [6, 6.07) is 2.20. The Morgan fingerprint density at radius 2 is 0.913 bits per heavy atom. The molecule has 0 radical (unpaired) electrons. The number of aliphatic carboxylic acids is 1. The Labute approximate surface area is 143 Å². The van der Waals surface area contributed by atoms with Gasteiger partial charge in [0.1, 0.15) is 0 Å². The predicted molar refractivity (Wildman–Crippen MR) is 96.4 cm³/mol. The summed E-state index contributed by atoms with van der Waals surface area (Å²) in [5, 5.41) is 17.0. The summed E-state index contributed by atoms with van der Waals surface area (Å²) in [6.45, 7) is 0. The van der Waals surface area contributed by atoms with Crippen molar-refractivity contribution < 1.29 is 9.90 Å². The normalized spacial score (nSPS) is 10.6. The average Bonchev–Trinajstić information content (AvgIpc) is 2.53. The van der Waals surface area contributed by atoms with Crippen LogP contribution in [0.5, 0.6) is 0 Å². The highest BCUT2D eigenvalue weighted by Crippen LogP contribution is 2.14. The Kier molecular flexibility index (Phi) is 18.1. The van der Waals surface area contributed by atoms with Gasteiger partial charge in [-0.3, -0.25) is 4.79 Å². The molecule has 0 spiro atoms. The maximum atomic E-state index is 10.4. The van der Waals surface area contributed by atoms with Gasteiger partial charge in [-0.25, -0.2) is 0 Å². The summed E-state index contributed by atoms with van der Waals surface area (Å²) >= 11 is 0. The summed E-state index contributed by atoms with van der Waals surface area (Å²) in [7, 11) is 0. The van der Waals surface area contributed by atoms with Crippen molar-refractivity contribution in [1.82, 2.24) is 0 Å². The number of carboxylic acids is 1. The first kappa shape index (κ1) is 22.0. The first-order valence-corrected chi connectivity index (χ1v) is 9.86. The largest absolute Gasteiger partial charge is 0.481 e. The minimum Gasteiger partial charge on any atom is -0.481 e. The fourth-order valence-electron chi connectivity index (χ4n) is 2.96. The van der Waals surface area contributed by atoms with E-state index in [1.54, 1.807) is 0 Å². The van der Waals surface area contributed by atoms with E-state index in [1.807, 2.05) is 0 Å². The van der Waals surface area contributed by atoms with Crippen molar-refractivity contribution in [1.29, 1.82) is 5.26 Å². The fourth-order valence-corrected chi connectivity index (χ4v) is 2.96. The molecule has 0 aromatic heterocycles. The average molecular weight is 324 g/mol. The predicted octanol–water partition coefficient (Wildman–Crippen LogP) is 6.62. The maximum Gasteiger partial charge on any atom is 0.303 e. The van der Waals surface area contributed by atoms with E-state index in [0.29, 0.717) is 6.42 Å². The molecule has 0 heterocycles. The lowest BCUT2D eigenvalue weighted by Crippen LogP contribution is -1.93. The Morgan fingerprint density at radius 1 is 0.609 bits per heavy atom. The quantitative estimate of drug-likeness (QED) is 0.288. The van der Waals surface area contributed by atoms with Crippen LogP contribution in [0.15, 0.2) is 0 Å². The van der Waals surface area contributed by atoms with Crippen LogP contribution >= 0.6 is 0 Å². The zero-order chi connectivity index (χ0) is 17.0. The number of unbranched alkanes of at least 4 members (excludes halogenated alkanes) is 16. The van der Waals surface area contributed by atoms with Crippen molar-refractivity contribution in [3.05, 3.63) is 0 Å². The molecule has 0 aliphatic rings. The molecule has 3 heteroatoms. The Hall–Kier alpha value is -1.04. The molecule has 1 N–H and O–H groups in total. The van der Waals surface area contributed by atoms with E-state index in [1.165, 1.54) is 83.5 Å². The van der Waals surface area contributed by atoms with Crippen LogP contribution in [0.3, 0.4) is 0 Å². The molecule has 0 fully saturated rings. The van der Waals surface area contributed by atoms with Crippen molar-refractivity contribution >= 4 is 5.97 Å². The van der Waals surface area contributed by atoms with Crippen LogP contribution in [-0.4, -0.2) is 11.1 Å². The standard InChI is InChI=1S/C20H37NO2/c21-19-17-15-13-11-9-7-5-3-1-2-4-6-8-10-12-14-16-18-20(22)23/h1-18H2,(H,22,23). The van der Waals surface area contributed by atoms with Crippen molar-refractivity contribution in [2.24, 2.45) is 0 Å². The molecule has 0 rings (SSSR count). The highest BCUT2D eigenvalue weighted by atomic mass is 16.4. The van der Waals surface area contributed by atoms with E-state index in [9.17, 15) is 4.79 Å². The third kappa shape index (κ3) is 21.0. The van der Waals surface area contributed by atoms with E-state index in [0.717, 1.165) is 25.7 Å². The highest BCUT2D eigenvalue weighted by Gasteiger charge is 1.97. The number of carbonyl (C=O) groups is 1. The van der Waals surface area contributed by atoms with Gasteiger partial charge in [0.25, 0.3) is 0 Å². The molecule has 0 aliphatic heterocycles. The van der Waals surface area contributed by atoms with Gasteiger partial charge in [0, 0.05) is 12.8 Å². The smallest absolute Gasteiger partial charge is 0.303 e. The van der Waals surface area contributed by atoms with E-state index in [2.05, 4.69) is 6.07 Å². The lowest BCUT2D eigenvalue weighted by atomic mass is 10.0. The first-order chi connectivity index (χ1) is 11.3. The molecule has 0 bridgehead atoms. The number of hydrogen-bond acceptors (Lipinski definition) is 2. The minimum absolute atomic E-state index is 0.333. The van der Waals surface area contributed by atoms with Gasteiger partial charge in [0.2, 0.25) is 0 Å². The second-order valence-corrected chi connectivity index (χ2v) is 6.71. The summed E-state index contributed by atoms with van der Waals surface area (Å²) in [6.07, 6.45) is 21.3. The third-order valence-corrected chi connectivity index (χ3v) is 4.43. The van der Waals surface area contributed by atoms with Gasteiger partial charge >= 0.3 is 5.97 Å². The monoisotopic (exact) mass is 323 g/mol. The number of hydrogen-bond donors (Lipinski definition) is 1.